The number of oxazole rings is 1. The van der Waals surface area contributed by atoms with Crippen LogP contribution < -0.4 is 5.32 Å². The molecule has 6 heteroatoms. The van der Waals surface area contributed by atoms with Gasteiger partial charge in [-0.3, -0.25) is 4.79 Å². The molecule has 0 atom stereocenters. The molecular formula is C22H14F2N2O2. The van der Waals surface area contributed by atoms with Crippen molar-refractivity contribution in [3.05, 3.63) is 96.2 Å². The van der Waals surface area contributed by atoms with Crippen molar-refractivity contribution in [3.63, 3.8) is 0 Å². The number of hydrogen-bond donors (Lipinski definition) is 1. The van der Waals surface area contributed by atoms with E-state index in [9.17, 15) is 13.6 Å². The number of carbonyl (C=O) groups is 1. The van der Waals surface area contributed by atoms with Gasteiger partial charge in [-0.25, -0.2) is 13.8 Å². The average molecular weight is 376 g/mol. The molecular weight excluding hydrogens is 362 g/mol. The smallest absolute Gasteiger partial charge is 0.256 e. The van der Waals surface area contributed by atoms with Crippen molar-refractivity contribution in [2.45, 2.75) is 0 Å². The van der Waals surface area contributed by atoms with E-state index in [2.05, 4.69) is 10.3 Å². The highest BCUT2D eigenvalue weighted by atomic mass is 19.1. The van der Waals surface area contributed by atoms with E-state index in [1.165, 1.54) is 42.6 Å². The number of amides is 1. The van der Waals surface area contributed by atoms with E-state index < -0.39 is 0 Å². The zero-order valence-electron chi connectivity index (χ0n) is 14.5. The maximum Gasteiger partial charge on any atom is 0.256 e. The first-order chi connectivity index (χ1) is 13.6. The van der Waals surface area contributed by atoms with Crippen molar-refractivity contribution in [2.75, 3.05) is 5.32 Å². The number of halogens is 2. The number of carbonyl (C=O) groups excluding carboxylic acids is 1. The van der Waals surface area contributed by atoms with Gasteiger partial charge in [0.2, 0.25) is 5.89 Å². The van der Waals surface area contributed by atoms with E-state index in [0.717, 1.165) is 0 Å². The van der Waals surface area contributed by atoms with Gasteiger partial charge in [-0.15, -0.1) is 0 Å². The molecule has 0 aliphatic heterocycles. The highest BCUT2D eigenvalue weighted by Crippen LogP contribution is 2.28. The second-order valence-electron chi connectivity index (χ2n) is 6.04. The standard InChI is InChI=1S/C22H14F2N2O2/c23-15-7-5-14(6-8-15)20-13-25-22(28-20)19-4-2-1-3-18(19)21(27)26-17-11-9-16(24)10-12-17/h1-13H,(H,26,27). The van der Waals surface area contributed by atoms with E-state index in [0.29, 0.717) is 28.1 Å². The number of anilines is 1. The van der Waals surface area contributed by atoms with Crippen LogP contribution >= 0.6 is 0 Å². The molecule has 1 amide bonds. The third-order valence-electron chi connectivity index (χ3n) is 4.14. The Kier molecular flexibility index (Phi) is 4.68. The predicted octanol–water partition coefficient (Wildman–Crippen LogP) is 5.54. The molecule has 0 saturated heterocycles. The van der Waals surface area contributed by atoms with Gasteiger partial charge in [-0.05, 0) is 60.7 Å². The monoisotopic (exact) mass is 376 g/mol. The van der Waals surface area contributed by atoms with Crippen molar-refractivity contribution >= 4 is 11.6 Å². The fourth-order valence-corrected chi connectivity index (χ4v) is 2.75. The van der Waals surface area contributed by atoms with Crippen molar-refractivity contribution in [1.82, 2.24) is 4.98 Å². The number of nitrogens with zero attached hydrogens (tertiary/aromatic N) is 1. The summed E-state index contributed by atoms with van der Waals surface area (Å²) in [5.74, 6) is -0.366. The molecule has 0 aliphatic rings. The summed E-state index contributed by atoms with van der Waals surface area (Å²) in [6.07, 6.45) is 1.53. The van der Waals surface area contributed by atoms with Gasteiger partial charge in [0, 0.05) is 16.8 Å². The summed E-state index contributed by atoms with van der Waals surface area (Å²) in [6.45, 7) is 0. The Morgan fingerprint density at radius 2 is 1.50 bits per heavy atom. The quantitative estimate of drug-likeness (QED) is 0.509. The SMILES string of the molecule is O=C(Nc1ccc(F)cc1)c1ccccc1-c1ncc(-c2ccc(F)cc2)o1. The Morgan fingerprint density at radius 1 is 0.857 bits per heavy atom. The topological polar surface area (TPSA) is 55.1 Å². The number of aromatic nitrogens is 1. The molecule has 3 aromatic carbocycles. The van der Waals surface area contributed by atoms with E-state index in [4.69, 9.17) is 4.42 Å². The lowest BCUT2D eigenvalue weighted by atomic mass is 10.1. The summed E-state index contributed by atoms with van der Waals surface area (Å²) in [4.78, 5) is 16.9. The van der Waals surface area contributed by atoms with E-state index in [1.807, 2.05) is 0 Å². The second-order valence-corrected chi connectivity index (χ2v) is 6.04. The first kappa shape index (κ1) is 17.6. The summed E-state index contributed by atoms with van der Waals surface area (Å²) in [6, 6.07) is 18.2. The molecule has 4 rings (SSSR count). The molecule has 4 nitrogen and oxygen atoms in total. The molecule has 0 aliphatic carbocycles. The fourth-order valence-electron chi connectivity index (χ4n) is 2.75. The zero-order chi connectivity index (χ0) is 19.5. The molecule has 1 aromatic heterocycles. The second kappa shape index (κ2) is 7.44. The lowest BCUT2D eigenvalue weighted by Crippen LogP contribution is -2.13. The van der Waals surface area contributed by atoms with Crippen LogP contribution in [0, 0.1) is 11.6 Å². The molecule has 1 heterocycles. The van der Waals surface area contributed by atoms with Crippen LogP contribution in [0.15, 0.2) is 83.4 Å². The molecule has 1 N–H and O–H groups in total. The summed E-state index contributed by atoms with van der Waals surface area (Å²) in [7, 11) is 0. The number of nitrogens with one attached hydrogen (secondary N) is 1. The Balaban J connectivity index is 1.63. The summed E-state index contributed by atoms with van der Waals surface area (Å²) in [5.41, 5.74) is 2.02. The Morgan fingerprint density at radius 3 is 2.21 bits per heavy atom. The van der Waals surface area contributed by atoms with Crippen LogP contribution in [0.1, 0.15) is 10.4 Å². The normalized spacial score (nSPS) is 10.6. The summed E-state index contributed by atoms with van der Waals surface area (Å²) >= 11 is 0. The van der Waals surface area contributed by atoms with E-state index in [-0.39, 0.29) is 23.4 Å². The average Bonchev–Trinajstić information content (AvgIpc) is 3.20. The van der Waals surface area contributed by atoms with Gasteiger partial charge >= 0.3 is 0 Å². The fraction of sp³-hybridized carbons (Fsp3) is 0. The van der Waals surface area contributed by atoms with Crippen LogP contribution in [-0.2, 0) is 0 Å². The van der Waals surface area contributed by atoms with Crippen LogP contribution in [0.3, 0.4) is 0 Å². The van der Waals surface area contributed by atoms with Crippen LogP contribution in [0.5, 0.6) is 0 Å². The summed E-state index contributed by atoms with van der Waals surface area (Å²) in [5, 5.41) is 2.72. The molecule has 0 spiro atoms. The number of benzene rings is 3. The lowest BCUT2D eigenvalue weighted by Gasteiger charge is -2.08. The van der Waals surface area contributed by atoms with Gasteiger partial charge in [0.25, 0.3) is 5.91 Å². The number of hydrogen-bond acceptors (Lipinski definition) is 3. The Bertz CT molecular complexity index is 1120. The minimum absolute atomic E-state index is 0.268. The maximum atomic E-state index is 13.1. The molecule has 0 saturated carbocycles. The molecule has 138 valence electrons. The first-order valence-electron chi connectivity index (χ1n) is 8.48. The van der Waals surface area contributed by atoms with E-state index >= 15 is 0 Å². The van der Waals surface area contributed by atoms with Gasteiger partial charge in [0.15, 0.2) is 5.76 Å². The highest BCUT2D eigenvalue weighted by Gasteiger charge is 2.17. The number of rotatable bonds is 4. The highest BCUT2D eigenvalue weighted by molar-refractivity contribution is 6.08. The Labute approximate surface area is 159 Å². The van der Waals surface area contributed by atoms with Gasteiger partial charge < -0.3 is 9.73 Å². The molecule has 0 radical (unpaired) electrons. The molecule has 4 aromatic rings. The van der Waals surface area contributed by atoms with E-state index in [1.54, 1.807) is 36.4 Å². The first-order valence-corrected chi connectivity index (χ1v) is 8.48. The van der Waals surface area contributed by atoms with Gasteiger partial charge in [-0.2, -0.15) is 0 Å². The van der Waals surface area contributed by atoms with Crippen LogP contribution in [-0.4, -0.2) is 10.9 Å². The molecule has 0 unspecified atom stereocenters. The van der Waals surface area contributed by atoms with Crippen molar-refractivity contribution in [1.29, 1.82) is 0 Å². The molecule has 0 bridgehead atoms. The summed E-state index contributed by atoms with van der Waals surface area (Å²) < 4.78 is 31.9. The Hall–Kier alpha value is -3.80. The van der Waals surface area contributed by atoms with Crippen LogP contribution in [0.2, 0.25) is 0 Å². The third-order valence-corrected chi connectivity index (χ3v) is 4.14. The predicted molar refractivity (Wildman–Crippen MR) is 102 cm³/mol. The van der Waals surface area contributed by atoms with Gasteiger partial charge in [0.1, 0.15) is 11.6 Å². The van der Waals surface area contributed by atoms with Crippen LogP contribution in [0.25, 0.3) is 22.8 Å². The minimum Gasteiger partial charge on any atom is -0.436 e. The molecule has 28 heavy (non-hydrogen) atoms. The largest absolute Gasteiger partial charge is 0.436 e. The van der Waals surface area contributed by atoms with Crippen molar-refractivity contribution in [3.8, 4) is 22.8 Å². The lowest BCUT2D eigenvalue weighted by molar-refractivity contribution is 0.102. The maximum absolute atomic E-state index is 13.1. The third kappa shape index (κ3) is 3.66. The molecule has 0 fully saturated rings. The van der Waals surface area contributed by atoms with Gasteiger partial charge in [-0.1, -0.05) is 12.1 Å². The van der Waals surface area contributed by atoms with Crippen molar-refractivity contribution in [2.24, 2.45) is 0 Å². The van der Waals surface area contributed by atoms with Gasteiger partial charge in [0.05, 0.1) is 11.8 Å². The van der Waals surface area contributed by atoms with Crippen LogP contribution in [0.4, 0.5) is 14.5 Å². The zero-order valence-corrected chi connectivity index (χ0v) is 14.5. The minimum atomic E-state index is -0.383. The van der Waals surface area contributed by atoms with Crippen molar-refractivity contribution < 1.29 is 18.0 Å².